The van der Waals surface area contributed by atoms with E-state index in [0.717, 1.165) is 49.4 Å². The van der Waals surface area contributed by atoms with Crippen molar-refractivity contribution in [3.05, 3.63) is 77.4 Å². The minimum atomic E-state index is -0.550. The second-order valence-corrected chi connectivity index (χ2v) is 7.37. The summed E-state index contributed by atoms with van der Waals surface area (Å²) in [7, 11) is 0. The summed E-state index contributed by atoms with van der Waals surface area (Å²) in [6.45, 7) is 2.99. The molecule has 28 heavy (non-hydrogen) atoms. The third-order valence-electron chi connectivity index (χ3n) is 5.40. The summed E-state index contributed by atoms with van der Waals surface area (Å²) < 4.78 is 6.40. The number of carbonyl (C=O) groups is 1. The van der Waals surface area contributed by atoms with Gasteiger partial charge in [0, 0.05) is 44.1 Å². The van der Waals surface area contributed by atoms with E-state index in [2.05, 4.69) is 47.4 Å². The first kappa shape index (κ1) is 18.5. The summed E-state index contributed by atoms with van der Waals surface area (Å²) >= 11 is 0. The van der Waals surface area contributed by atoms with Crippen LogP contribution >= 0.6 is 0 Å². The van der Waals surface area contributed by atoms with Gasteiger partial charge in [-0.05, 0) is 35.4 Å². The van der Waals surface area contributed by atoms with Crippen LogP contribution in [0.25, 0.3) is 12.2 Å². The van der Waals surface area contributed by atoms with Gasteiger partial charge in [-0.15, -0.1) is 0 Å². The van der Waals surface area contributed by atoms with E-state index < -0.39 is 5.91 Å². The molecular formula is C23H24N2O3. The first-order chi connectivity index (χ1) is 13.7. The second kappa shape index (κ2) is 8.00. The van der Waals surface area contributed by atoms with E-state index >= 15 is 0 Å². The number of ether oxygens (including phenoxy) is 1. The van der Waals surface area contributed by atoms with Gasteiger partial charge < -0.3 is 4.74 Å². The van der Waals surface area contributed by atoms with Crippen molar-refractivity contribution in [3.8, 4) is 5.75 Å². The number of likely N-dealkylation sites (tertiary alicyclic amines) is 1. The first-order valence-corrected chi connectivity index (χ1v) is 9.57. The van der Waals surface area contributed by atoms with E-state index in [9.17, 15) is 4.79 Å². The average Bonchev–Trinajstić information content (AvgIpc) is 2.74. The lowest BCUT2D eigenvalue weighted by Crippen LogP contribution is -2.47. The molecule has 0 aliphatic carbocycles. The Morgan fingerprint density at radius 2 is 1.96 bits per heavy atom. The van der Waals surface area contributed by atoms with Crippen LogP contribution < -0.4 is 10.2 Å². The third-order valence-corrected chi connectivity index (χ3v) is 5.40. The Morgan fingerprint density at radius 3 is 2.71 bits per heavy atom. The van der Waals surface area contributed by atoms with Crippen molar-refractivity contribution >= 4 is 18.1 Å². The van der Waals surface area contributed by atoms with Gasteiger partial charge in [0.05, 0.1) is 0 Å². The van der Waals surface area contributed by atoms with E-state index in [0.29, 0.717) is 0 Å². The van der Waals surface area contributed by atoms with Crippen molar-refractivity contribution in [2.24, 2.45) is 0 Å². The molecule has 144 valence electrons. The Balaban J connectivity index is 1.40. The van der Waals surface area contributed by atoms with E-state index in [-0.39, 0.29) is 5.60 Å². The van der Waals surface area contributed by atoms with Crippen molar-refractivity contribution in [2.75, 3.05) is 13.1 Å². The summed E-state index contributed by atoms with van der Waals surface area (Å²) in [6.07, 6.45) is 9.19. The van der Waals surface area contributed by atoms with Crippen molar-refractivity contribution in [1.29, 1.82) is 0 Å². The van der Waals surface area contributed by atoms with E-state index in [1.807, 2.05) is 18.2 Å². The minimum absolute atomic E-state index is 0.228. The van der Waals surface area contributed by atoms with Gasteiger partial charge in [0.15, 0.2) is 0 Å². The van der Waals surface area contributed by atoms with Crippen LogP contribution in [-0.4, -0.2) is 34.7 Å². The Hall–Kier alpha value is -2.89. The number of carbonyl (C=O) groups excluding carboxylic acids is 1. The van der Waals surface area contributed by atoms with Crippen LogP contribution in [-0.2, 0) is 11.3 Å². The molecule has 5 nitrogen and oxygen atoms in total. The van der Waals surface area contributed by atoms with Crippen LogP contribution in [0.1, 0.15) is 29.5 Å². The summed E-state index contributed by atoms with van der Waals surface area (Å²) in [5, 5.41) is 8.56. The number of hydrogen-bond donors (Lipinski definition) is 2. The predicted molar refractivity (Wildman–Crippen MR) is 109 cm³/mol. The van der Waals surface area contributed by atoms with Crippen molar-refractivity contribution in [1.82, 2.24) is 10.4 Å². The van der Waals surface area contributed by atoms with Gasteiger partial charge in [-0.1, -0.05) is 42.5 Å². The second-order valence-electron chi connectivity index (χ2n) is 7.37. The molecule has 2 N–H and O–H groups in total. The fourth-order valence-electron chi connectivity index (χ4n) is 3.80. The number of rotatable bonds is 4. The van der Waals surface area contributed by atoms with Crippen LogP contribution in [0.4, 0.5) is 0 Å². The Kier molecular flexibility index (Phi) is 5.28. The number of fused-ring (bicyclic) bond motifs is 1. The standard InChI is InChI=1S/C23H24N2O3/c26-22(24-27)9-7-18-6-8-21-20(16-18)10-11-23(28-21)12-14-25(15-13-23)17-19-4-2-1-3-5-19/h1-11,16,27H,12-15,17H2,(H,24,26)/b9-7+. The van der Waals surface area contributed by atoms with Gasteiger partial charge in [-0.2, -0.15) is 0 Å². The molecule has 1 fully saturated rings. The largest absolute Gasteiger partial charge is 0.482 e. The molecule has 5 heteroatoms. The molecule has 2 aromatic rings. The SMILES string of the molecule is O=C(/C=C/c1ccc2c(c1)C=CC1(CCN(Cc3ccccc3)CC1)O2)NO. The highest BCUT2D eigenvalue weighted by molar-refractivity contribution is 5.91. The molecule has 2 heterocycles. The molecule has 2 aliphatic heterocycles. The predicted octanol–water partition coefficient (Wildman–Crippen LogP) is 3.65. The molecule has 2 aromatic carbocycles. The van der Waals surface area contributed by atoms with Crippen molar-refractivity contribution in [2.45, 2.75) is 25.0 Å². The number of nitrogens with one attached hydrogen (secondary N) is 1. The molecule has 0 aromatic heterocycles. The zero-order valence-electron chi connectivity index (χ0n) is 15.7. The molecule has 0 saturated carbocycles. The van der Waals surface area contributed by atoms with E-state index in [1.165, 1.54) is 11.6 Å². The minimum Gasteiger partial charge on any atom is -0.482 e. The zero-order valence-corrected chi connectivity index (χ0v) is 15.7. The Labute approximate surface area is 164 Å². The number of piperidine rings is 1. The van der Waals surface area contributed by atoms with E-state index in [1.54, 1.807) is 11.6 Å². The molecule has 2 aliphatic rings. The molecule has 4 rings (SSSR count). The maximum absolute atomic E-state index is 11.1. The normalized spacial score (nSPS) is 18.0. The summed E-state index contributed by atoms with van der Waals surface area (Å²) in [5.41, 5.74) is 4.59. The third kappa shape index (κ3) is 4.16. The Morgan fingerprint density at radius 1 is 1.18 bits per heavy atom. The summed E-state index contributed by atoms with van der Waals surface area (Å²) in [6, 6.07) is 16.4. The smallest absolute Gasteiger partial charge is 0.267 e. The maximum Gasteiger partial charge on any atom is 0.267 e. The quantitative estimate of drug-likeness (QED) is 0.486. The highest BCUT2D eigenvalue weighted by Gasteiger charge is 2.36. The Bertz CT molecular complexity index is 897. The molecule has 1 spiro atoms. The van der Waals surface area contributed by atoms with Gasteiger partial charge in [-0.25, -0.2) is 5.48 Å². The average molecular weight is 376 g/mol. The molecule has 0 bridgehead atoms. The highest BCUT2D eigenvalue weighted by atomic mass is 16.5. The molecule has 0 unspecified atom stereocenters. The number of amides is 1. The molecule has 0 atom stereocenters. The fourth-order valence-corrected chi connectivity index (χ4v) is 3.80. The highest BCUT2D eigenvalue weighted by Crippen LogP contribution is 2.37. The van der Waals surface area contributed by atoms with Crippen LogP contribution in [0.5, 0.6) is 5.75 Å². The van der Waals surface area contributed by atoms with Crippen LogP contribution in [0.2, 0.25) is 0 Å². The molecule has 0 radical (unpaired) electrons. The first-order valence-electron chi connectivity index (χ1n) is 9.57. The van der Waals surface area contributed by atoms with E-state index in [4.69, 9.17) is 9.94 Å². The number of nitrogens with zero attached hydrogens (tertiary/aromatic N) is 1. The fraction of sp³-hybridized carbons (Fsp3) is 0.261. The van der Waals surface area contributed by atoms with Crippen molar-refractivity contribution < 1.29 is 14.7 Å². The monoisotopic (exact) mass is 376 g/mol. The van der Waals surface area contributed by atoms with Crippen LogP contribution in [0.15, 0.2) is 60.7 Å². The summed E-state index contributed by atoms with van der Waals surface area (Å²) in [5.74, 6) is 0.327. The lowest BCUT2D eigenvalue weighted by molar-refractivity contribution is -0.124. The van der Waals surface area contributed by atoms with Crippen LogP contribution in [0.3, 0.4) is 0 Å². The number of hydrogen-bond acceptors (Lipinski definition) is 4. The lowest BCUT2D eigenvalue weighted by Gasteiger charge is -2.42. The maximum atomic E-state index is 11.1. The van der Waals surface area contributed by atoms with Gasteiger partial charge in [0.25, 0.3) is 5.91 Å². The van der Waals surface area contributed by atoms with Crippen LogP contribution in [0, 0.1) is 0 Å². The van der Waals surface area contributed by atoms with Gasteiger partial charge in [0.2, 0.25) is 0 Å². The van der Waals surface area contributed by atoms with Crippen molar-refractivity contribution in [3.63, 3.8) is 0 Å². The topological polar surface area (TPSA) is 61.8 Å². The zero-order chi connectivity index (χ0) is 19.4. The van der Waals surface area contributed by atoms with Gasteiger partial charge in [-0.3, -0.25) is 14.9 Å². The molecular weight excluding hydrogens is 352 g/mol. The molecule has 1 amide bonds. The lowest BCUT2D eigenvalue weighted by atomic mass is 9.87. The van der Waals surface area contributed by atoms with Gasteiger partial charge >= 0.3 is 0 Å². The molecule has 1 saturated heterocycles. The number of hydroxylamine groups is 1. The van der Waals surface area contributed by atoms with Gasteiger partial charge in [0.1, 0.15) is 11.4 Å². The summed E-state index contributed by atoms with van der Waals surface area (Å²) in [4.78, 5) is 13.6. The number of benzene rings is 2.